The van der Waals surface area contributed by atoms with E-state index in [2.05, 4.69) is 27.3 Å². The lowest BCUT2D eigenvalue weighted by molar-refractivity contribution is -0.115. The zero-order chi connectivity index (χ0) is 17.8. The Morgan fingerprint density at radius 2 is 1.81 bits per heavy atom. The maximum Gasteiger partial charge on any atom is 0.237 e. The van der Waals surface area contributed by atoms with E-state index in [9.17, 15) is 4.79 Å². The van der Waals surface area contributed by atoms with Crippen molar-refractivity contribution in [3.8, 4) is 0 Å². The van der Waals surface area contributed by atoms with Crippen molar-refractivity contribution in [2.75, 3.05) is 25.0 Å². The average molecular weight is 347 g/mol. The zero-order valence-corrected chi connectivity index (χ0v) is 15.0. The van der Waals surface area contributed by atoms with E-state index in [1.807, 2.05) is 36.4 Å². The molecule has 2 aromatic rings. The SMILES string of the molecule is O=C1Nc2ccccc2C1C=Nc1ccc(CCN2CCCCC2)cc1. The molecule has 0 aliphatic carbocycles. The highest BCUT2D eigenvalue weighted by atomic mass is 16.2. The van der Waals surface area contributed by atoms with Gasteiger partial charge in [0.05, 0.1) is 5.69 Å². The van der Waals surface area contributed by atoms with E-state index in [-0.39, 0.29) is 11.8 Å². The van der Waals surface area contributed by atoms with Crippen molar-refractivity contribution in [2.24, 2.45) is 4.99 Å². The van der Waals surface area contributed by atoms with Crippen LogP contribution in [0.1, 0.15) is 36.3 Å². The van der Waals surface area contributed by atoms with Crippen molar-refractivity contribution in [3.05, 3.63) is 59.7 Å². The third-order valence-electron chi connectivity index (χ3n) is 5.31. The molecule has 2 aliphatic heterocycles. The molecule has 2 aromatic carbocycles. The zero-order valence-electron chi connectivity index (χ0n) is 15.0. The third-order valence-corrected chi connectivity index (χ3v) is 5.31. The first-order chi connectivity index (χ1) is 12.8. The number of hydrogen-bond acceptors (Lipinski definition) is 3. The van der Waals surface area contributed by atoms with Gasteiger partial charge in [-0.3, -0.25) is 9.79 Å². The van der Waals surface area contributed by atoms with Crippen LogP contribution in [-0.4, -0.2) is 36.7 Å². The van der Waals surface area contributed by atoms with E-state index in [1.165, 1.54) is 37.9 Å². The van der Waals surface area contributed by atoms with Crippen molar-refractivity contribution < 1.29 is 4.79 Å². The number of benzene rings is 2. The second-order valence-electron chi connectivity index (χ2n) is 7.15. The summed E-state index contributed by atoms with van der Waals surface area (Å²) in [6, 6.07) is 16.2. The first kappa shape index (κ1) is 17.0. The second-order valence-corrected chi connectivity index (χ2v) is 7.15. The molecule has 26 heavy (non-hydrogen) atoms. The Kier molecular flexibility index (Phi) is 5.12. The minimum absolute atomic E-state index is 0.00639. The van der Waals surface area contributed by atoms with Gasteiger partial charge in [-0.05, 0) is 61.7 Å². The molecule has 1 unspecified atom stereocenters. The van der Waals surface area contributed by atoms with Crippen LogP contribution in [0.3, 0.4) is 0 Å². The summed E-state index contributed by atoms with van der Waals surface area (Å²) < 4.78 is 0. The van der Waals surface area contributed by atoms with Crippen LogP contribution in [0.5, 0.6) is 0 Å². The van der Waals surface area contributed by atoms with Crippen LogP contribution < -0.4 is 5.32 Å². The summed E-state index contributed by atoms with van der Waals surface area (Å²) in [5.41, 5.74) is 4.13. The summed E-state index contributed by atoms with van der Waals surface area (Å²) in [6.07, 6.45) is 6.90. The van der Waals surface area contributed by atoms with Crippen molar-refractivity contribution in [3.63, 3.8) is 0 Å². The molecule has 0 radical (unpaired) electrons. The summed E-state index contributed by atoms with van der Waals surface area (Å²) >= 11 is 0. The largest absolute Gasteiger partial charge is 0.325 e. The van der Waals surface area contributed by atoms with E-state index in [0.717, 1.165) is 29.9 Å². The van der Waals surface area contributed by atoms with Gasteiger partial charge in [0.2, 0.25) is 5.91 Å². The van der Waals surface area contributed by atoms with Gasteiger partial charge in [-0.15, -0.1) is 0 Å². The van der Waals surface area contributed by atoms with Crippen molar-refractivity contribution in [1.29, 1.82) is 0 Å². The third kappa shape index (κ3) is 3.86. The van der Waals surface area contributed by atoms with Crippen LogP contribution in [0.15, 0.2) is 53.5 Å². The van der Waals surface area contributed by atoms with E-state index < -0.39 is 0 Å². The summed E-state index contributed by atoms with van der Waals surface area (Å²) in [5.74, 6) is -0.307. The molecule has 0 aromatic heterocycles. The number of para-hydroxylation sites is 1. The maximum atomic E-state index is 12.1. The number of nitrogens with one attached hydrogen (secondary N) is 1. The molecular formula is C22H25N3O. The molecule has 4 rings (SSSR count). The Morgan fingerprint density at radius 3 is 2.62 bits per heavy atom. The van der Waals surface area contributed by atoms with Crippen molar-refractivity contribution in [1.82, 2.24) is 4.90 Å². The number of hydrogen-bond donors (Lipinski definition) is 1. The minimum atomic E-state index is -0.301. The van der Waals surface area contributed by atoms with Gasteiger partial charge in [0.15, 0.2) is 0 Å². The number of piperidine rings is 1. The first-order valence-electron chi connectivity index (χ1n) is 9.55. The molecule has 0 bridgehead atoms. The van der Waals surface area contributed by atoms with Gasteiger partial charge in [-0.25, -0.2) is 0 Å². The van der Waals surface area contributed by atoms with Gasteiger partial charge in [-0.2, -0.15) is 0 Å². The molecule has 4 nitrogen and oxygen atoms in total. The molecule has 2 aliphatic rings. The number of nitrogens with zero attached hydrogens (tertiary/aromatic N) is 2. The van der Waals surface area contributed by atoms with E-state index in [4.69, 9.17) is 0 Å². The lowest BCUT2D eigenvalue weighted by atomic mass is 10.0. The Hall–Kier alpha value is -2.46. The smallest absolute Gasteiger partial charge is 0.237 e. The summed E-state index contributed by atoms with van der Waals surface area (Å²) in [7, 11) is 0. The van der Waals surface area contributed by atoms with Crippen LogP contribution in [0.25, 0.3) is 0 Å². The molecular weight excluding hydrogens is 322 g/mol. The number of rotatable bonds is 5. The predicted molar refractivity (Wildman–Crippen MR) is 106 cm³/mol. The molecule has 1 fully saturated rings. The average Bonchev–Trinajstić information content (AvgIpc) is 3.01. The van der Waals surface area contributed by atoms with Gasteiger partial charge in [0.25, 0.3) is 0 Å². The lowest BCUT2D eigenvalue weighted by Gasteiger charge is -2.26. The highest BCUT2D eigenvalue weighted by molar-refractivity contribution is 6.12. The Morgan fingerprint density at radius 1 is 1.04 bits per heavy atom. The number of likely N-dealkylation sites (tertiary alicyclic amines) is 1. The Bertz CT molecular complexity index is 791. The predicted octanol–water partition coefficient (Wildman–Crippen LogP) is 4.15. The van der Waals surface area contributed by atoms with Crippen LogP contribution in [-0.2, 0) is 11.2 Å². The Balaban J connectivity index is 1.37. The fourth-order valence-corrected chi connectivity index (χ4v) is 3.76. The number of anilines is 1. The normalized spacial score (nSPS) is 20.3. The molecule has 134 valence electrons. The van der Waals surface area contributed by atoms with Gasteiger partial charge in [0, 0.05) is 18.4 Å². The number of aliphatic imine (C=N–C) groups is 1. The highest BCUT2D eigenvalue weighted by Crippen LogP contribution is 2.31. The molecule has 0 spiro atoms. The number of fused-ring (bicyclic) bond motifs is 1. The van der Waals surface area contributed by atoms with Gasteiger partial charge >= 0.3 is 0 Å². The van der Waals surface area contributed by atoms with Crippen LogP contribution in [0, 0.1) is 0 Å². The van der Waals surface area contributed by atoms with Gasteiger partial charge < -0.3 is 10.2 Å². The monoisotopic (exact) mass is 347 g/mol. The fourth-order valence-electron chi connectivity index (χ4n) is 3.76. The Labute approximate surface area is 154 Å². The van der Waals surface area contributed by atoms with Crippen molar-refractivity contribution in [2.45, 2.75) is 31.6 Å². The second kappa shape index (κ2) is 7.83. The number of amides is 1. The molecule has 1 atom stereocenters. The van der Waals surface area contributed by atoms with Crippen molar-refractivity contribution >= 4 is 23.5 Å². The summed E-state index contributed by atoms with van der Waals surface area (Å²) in [4.78, 5) is 19.2. The first-order valence-corrected chi connectivity index (χ1v) is 9.55. The summed E-state index contributed by atoms with van der Waals surface area (Å²) in [5, 5.41) is 2.91. The summed E-state index contributed by atoms with van der Waals surface area (Å²) in [6.45, 7) is 3.63. The minimum Gasteiger partial charge on any atom is -0.325 e. The maximum absolute atomic E-state index is 12.1. The molecule has 1 N–H and O–H groups in total. The van der Waals surface area contributed by atoms with Crippen LogP contribution >= 0.6 is 0 Å². The van der Waals surface area contributed by atoms with Crippen LogP contribution in [0.4, 0.5) is 11.4 Å². The molecule has 4 heteroatoms. The molecule has 0 saturated carbocycles. The molecule has 2 heterocycles. The standard InChI is InChI=1S/C22H25N3O/c26-22-20(19-6-2-3-7-21(19)24-22)16-23-18-10-8-17(9-11-18)12-15-25-13-4-1-5-14-25/h2-3,6-11,16,20H,1,4-5,12-15H2,(H,24,26). The van der Waals surface area contributed by atoms with Gasteiger partial charge in [0.1, 0.15) is 5.92 Å². The van der Waals surface area contributed by atoms with Crippen LogP contribution in [0.2, 0.25) is 0 Å². The van der Waals surface area contributed by atoms with Gasteiger partial charge in [-0.1, -0.05) is 36.8 Å². The van der Waals surface area contributed by atoms with E-state index in [1.54, 1.807) is 6.21 Å². The van der Waals surface area contributed by atoms with E-state index in [0.29, 0.717) is 0 Å². The highest BCUT2D eigenvalue weighted by Gasteiger charge is 2.28. The molecule has 1 amide bonds. The quantitative estimate of drug-likeness (QED) is 0.826. The lowest BCUT2D eigenvalue weighted by Crippen LogP contribution is -2.31. The number of carbonyl (C=O) groups is 1. The molecule has 1 saturated heterocycles. The topological polar surface area (TPSA) is 44.7 Å². The fraction of sp³-hybridized carbons (Fsp3) is 0.364. The number of carbonyl (C=O) groups excluding carboxylic acids is 1. The van der Waals surface area contributed by atoms with E-state index >= 15 is 0 Å².